The predicted molar refractivity (Wildman–Crippen MR) is 63.9 cm³/mol. The summed E-state index contributed by atoms with van der Waals surface area (Å²) in [4.78, 5) is 0. The highest BCUT2D eigenvalue weighted by atomic mass is 16.4. The fraction of sp³-hybridized carbons (Fsp3) is 1.00. The van der Waals surface area contributed by atoms with Gasteiger partial charge in [-0.2, -0.15) is 0 Å². The molecule has 5 atom stereocenters. The van der Waals surface area contributed by atoms with Crippen LogP contribution in [0.15, 0.2) is 0 Å². The molecule has 4 fully saturated rings. The van der Waals surface area contributed by atoms with Crippen LogP contribution >= 0.6 is 0 Å². The minimum absolute atomic E-state index is 0.397. The average molecular weight is 206 g/mol. The molecule has 0 aromatic rings. The largest absolute Gasteiger partial charge is 0.433 e. The zero-order valence-corrected chi connectivity index (χ0v) is 10.7. The summed E-state index contributed by atoms with van der Waals surface area (Å²) in [7, 11) is 0. The summed E-state index contributed by atoms with van der Waals surface area (Å²) in [6, 6.07) is 0. The van der Waals surface area contributed by atoms with Gasteiger partial charge < -0.3 is 4.65 Å². The van der Waals surface area contributed by atoms with Gasteiger partial charge in [-0.1, -0.05) is 34.4 Å². The maximum absolute atomic E-state index is 6.09. The average Bonchev–Trinajstić information content (AvgIpc) is 2.42. The summed E-state index contributed by atoms with van der Waals surface area (Å²) in [5.74, 6) is 2.90. The Kier molecular flexibility index (Phi) is 1.79. The first kappa shape index (κ1) is 10.2. The predicted octanol–water partition coefficient (Wildman–Crippen LogP) is 3.32. The second-order valence-corrected chi connectivity index (χ2v) is 7.10. The third kappa shape index (κ3) is 0.957. The van der Waals surface area contributed by atoms with Crippen molar-refractivity contribution < 1.29 is 4.65 Å². The van der Waals surface area contributed by atoms with E-state index in [9.17, 15) is 0 Å². The van der Waals surface area contributed by atoms with Gasteiger partial charge in [0.25, 0.3) is 6.92 Å². The molecular weight excluding hydrogens is 183 g/mol. The van der Waals surface area contributed by atoms with Crippen LogP contribution in [0.1, 0.15) is 33.6 Å². The molecule has 0 aliphatic heterocycles. The van der Waals surface area contributed by atoms with Crippen LogP contribution in [-0.2, 0) is 4.65 Å². The Morgan fingerprint density at radius 2 is 1.73 bits per heavy atom. The molecule has 0 radical (unpaired) electrons. The van der Waals surface area contributed by atoms with Crippen molar-refractivity contribution >= 4 is 6.92 Å². The lowest BCUT2D eigenvalue weighted by Crippen LogP contribution is -2.52. The molecule has 1 nitrogen and oxygen atoms in total. The first-order valence-corrected chi connectivity index (χ1v) is 6.54. The van der Waals surface area contributed by atoms with E-state index in [1.165, 1.54) is 12.8 Å². The second kappa shape index (κ2) is 2.64. The molecule has 84 valence electrons. The van der Waals surface area contributed by atoms with E-state index >= 15 is 0 Å². The van der Waals surface area contributed by atoms with Gasteiger partial charge in [-0.3, -0.25) is 0 Å². The lowest BCUT2D eigenvalue weighted by Gasteiger charge is -2.52. The fourth-order valence-corrected chi connectivity index (χ4v) is 5.13. The highest BCUT2D eigenvalue weighted by molar-refractivity contribution is 6.48. The molecule has 0 spiro atoms. The molecule has 4 unspecified atom stereocenters. The molecule has 0 aromatic carbocycles. The Morgan fingerprint density at radius 3 is 2.20 bits per heavy atom. The molecule has 4 rings (SSSR count). The van der Waals surface area contributed by atoms with Crippen molar-refractivity contribution in [2.24, 2.45) is 28.6 Å². The Labute approximate surface area is 94.1 Å². The number of rotatable bonds is 2. The molecule has 0 amide bonds. The van der Waals surface area contributed by atoms with Gasteiger partial charge in [-0.15, -0.1) is 0 Å². The maximum Gasteiger partial charge on any atom is 0.287 e. The van der Waals surface area contributed by atoms with Crippen LogP contribution in [0, 0.1) is 28.6 Å². The smallest absolute Gasteiger partial charge is 0.287 e. The van der Waals surface area contributed by atoms with Crippen molar-refractivity contribution in [2.75, 3.05) is 0 Å². The Bertz CT molecular complexity index is 299. The summed E-state index contributed by atoms with van der Waals surface area (Å²) in [6.45, 7) is 12.2. The topological polar surface area (TPSA) is 9.23 Å². The van der Waals surface area contributed by atoms with E-state index in [0.717, 1.165) is 17.8 Å². The zero-order chi connectivity index (χ0) is 11.0. The quantitative estimate of drug-likeness (QED) is 0.629. The van der Waals surface area contributed by atoms with Crippen molar-refractivity contribution in [1.29, 1.82) is 0 Å². The first-order chi connectivity index (χ1) is 6.88. The molecule has 0 aromatic heterocycles. The van der Waals surface area contributed by atoms with Crippen molar-refractivity contribution in [3.8, 4) is 0 Å². The first-order valence-electron chi connectivity index (χ1n) is 6.54. The van der Waals surface area contributed by atoms with Gasteiger partial charge in [0.05, 0.1) is 0 Å². The van der Waals surface area contributed by atoms with Crippen molar-refractivity contribution in [1.82, 2.24) is 0 Å². The van der Waals surface area contributed by atoms with Gasteiger partial charge in [-0.25, -0.2) is 0 Å². The van der Waals surface area contributed by atoms with Gasteiger partial charge in [0.1, 0.15) is 0 Å². The molecule has 4 aliphatic carbocycles. The van der Waals surface area contributed by atoms with Gasteiger partial charge in [0, 0.05) is 6.10 Å². The van der Waals surface area contributed by atoms with Crippen LogP contribution in [0.2, 0.25) is 13.6 Å². The number of hydrogen-bond acceptors (Lipinski definition) is 1. The van der Waals surface area contributed by atoms with Crippen molar-refractivity contribution in [3.63, 3.8) is 0 Å². The van der Waals surface area contributed by atoms with Gasteiger partial charge in [0.15, 0.2) is 0 Å². The summed E-state index contributed by atoms with van der Waals surface area (Å²) < 4.78 is 6.09. The SMILES string of the molecule is CB(C)O[C@@H]1CC2C3CC(C3(C)C)C21C. The van der Waals surface area contributed by atoms with Gasteiger partial charge in [0.2, 0.25) is 0 Å². The Morgan fingerprint density at radius 1 is 1.07 bits per heavy atom. The third-order valence-electron chi connectivity index (χ3n) is 5.98. The van der Waals surface area contributed by atoms with Crippen LogP contribution < -0.4 is 0 Å². The van der Waals surface area contributed by atoms with E-state index in [2.05, 4.69) is 34.4 Å². The minimum Gasteiger partial charge on any atom is -0.433 e. The van der Waals surface area contributed by atoms with Crippen molar-refractivity contribution in [3.05, 3.63) is 0 Å². The van der Waals surface area contributed by atoms with Gasteiger partial charge >= 0.3 is 0 Å². The van der Waals surface area contributed by atoms with Crippen LogP contribution in [0.3, 0.4) is 0 Å². The van der Waals surface area contributed by atoms with E-state index in [1.54, 1.807) is 0 Å². The van der Waals surface area contributed by atoms with E-state index in [4.69, 9.17) is 4.65 Å². The van der Waals surface area contributed by atoms with E-state index in [0.29, 0.717) is 23.8 Å². The molecule has 4 aliphatic rings. The molecule has 0 heterocycles. The highest BCUT2D eigenvalue weighted by Gasteiger charge is 2.76. The lowest BCUT2D eigenvalue weighted by atomic mass is 9.56. The lowest BCUT2D eigenvalue weighted by molar-refractivity contribution is -0.0899. The third-order valence-corrected chi connectivity index (χ3v) is 5.98. The van der Waals surface area contributed by atoms with Crippen LogP contribution in [-0.4, -0.2) is 13.0 Å². The molecule has 2 heteroatoms. The zero-order valence-electron chi connectivity index (χ0n) is 10.7. The fourth-order valence-electron chi connectivity index (χ4n) is 5.13. The highest BCUT2D eigenvalue weighted by Crippen LogP contribution is 2.79. The van der Waals surface area contributed by atoms with Crippen LogP contribution in [0.25, 0.3) is 0 Å². The Balaban J connectivity index is 1.82. The van der Waals surface area contributed by atoms with Crippen LogP contribution in [0.5, 0.6) is 0 Å². The molecule has 0 N–H and O–H groups in total. The van der Waals surface area contributed by atoms with E-state index in [-0.39, 0.29) is 0 Å². The monoisotopic (exact) mass is 206 g/mol. The van der Waals surface area contributed by atoms with E-state index < -0.39 is 0 Å². The standard InChI is InChI=1S/C13H23BO/c1-12(2)8-6-10(12)13(3)9(8)7-11(13)15-14(4)5/h8-11H,6-7H2,1-5H3/t8?,9?,10?,11-,13?/m1/s1. The molecule has 15 heavy (non-hydrogen) atoms. The van der Waals surface area contributed by atoms with Crippen LogP contribution in [0.4, 0.5) is 0 Å². The summed E-state index contributed by atoms with van der Waals surface area (Å²) >= 11 is 0. The molecule has 0 saturated heterocycles. The molecular formula is C13H23BO. The number of hydrogen-bond donors (Lipinski definition) is 0. The molecule has 2 bridgehead atoms. The summed E-state index contributed by atoms with van der Waals surface area (Å²) in [5.41, 5.74) is 1.13. The Hall–Kier alpha value is 0.0249. The second-order valence-electron chi connectivity index (χ2n) is 7.10. The summed E-state index contributed by atoms with van der Waals surface area (Å²) in [6.07, 6.45) is 3.37. The molecule has 4 saturated carbocycles. The normalized spacial score (nSPS) is 54.2. The minimum atomic E-state index is 0.397. The summed E-state index contributed by atoms with van der Waals surface area (Å²) in [5, 5.41) is 0. The van der Waals surface area contributed by atoms with Crippen molar-refractivity contribution in [2.45, 2.75) is 53.4 Å². The van der Waals surface area contributed by atoms with E-state index in [1.807, 2.05) is 0 Å². The van der Waals surface area contributed by atoms with Gasteiger partial charge in [-0.05, 0) is 41.4 Å². The maximum atomic E-state index is 6.09.